The lowest BCUT2D eigenvalue weighted by Crippen LogP contribution is -2.33. The summed E-state index contributed by atoms with van der Waals surface area (Å²) in [5, 5.41) is 9.34. The number of nitrogens with zero attached hydrogens (tertiary/aromatic N) is 1. The first kappa shape index (κ1) is 19.6. The van der Waals surface area contributed by atoms with Crippen molar-refractivity contribution in [3.8, 4) is 0 Å². The monoisotopic (exact) mass is 401 g/mol. The van der Waals surface area contributed by atoms with Gasteiger partial charge in [0.1, 0.15) is 0 Å². The van der Waals surface area contributed by atoms with E-state index >= 15 is 0 Å². The molecule has 0 heterocycles. The summed E-state index contributed by atoms with van der Waals surface area (Å²) in [5.41, 5.74) is 2.10. The van der Waals surface area contributed by atoms with E-state index < -0.39 is 16.0 Å². The maximum Gasteiger partial charge on any atom is 0.305 e. The van der Waals surface area contributed by atoms with Gasteiger partial charge >= 0.3 is 5.97 Å². The molecule has 5 nitrogen and oxygen atoms in total. The van der Waals surface area contributed by atoms with E-state index in [1.165, 1.54) is 18.2 Å². The SMILES string of the molecule is Cc1cccc(N(CCC(=O)O)S(=O)(=O)c2ccc(Cl)c(Cl)c2)c1C. The summed E-state index contributed by atoms with van der Waals surface area (Å²) in [6.45, 7) is 3.46. The number of carboxylic acid groups (broad SMARTS) is 1. The van der Waals surface area contributed by atoms with E-state index in [9.17, 15) is 13.2 Å². The third-order valence-corrected chi connectivity index (χ3v) is 6.40. The van der Waals surface area contributed by atoms with Gasteiger partial charge in [-0.1, -0.05) is 35.3 Å². The van der Waals surface area contributed by atoms with Gasteiger partial charge in [0.25, 0.3) is 10.0 Å². The zero-order valence-electron chi connectivity index (χ0n) is 13.7. The van der Waals surface area contributed by atoms with E-state index in [2.05, 4.69) is 0 Å². The smallest absolute Gasteiger partial charge is 0.305 e. The van der Waals surface area contributed by atoms with Crippen LogP contribution in [0.15, 0.2) is 41.3 Å². The first-order valence-electron chi connectivity index (χ1n) is 7.40. The molecule has 0 saturated heterocycles. The highest BCUT2D eigenvalue weighted by Gasteiger charge is 2.27. The molecule has 2 aromatic rings. The molecule has 0 aliphatic heterocycles. The highest BCUT2D eigenvalue weighted by Crippen LogP contribution is 2.31. The first-order valence-corrected chi connectivity index (χ1v) is 9.60. The van der Waals surface area contributed by atoms with Crippen LogP contribution in [-0.4, -0.2) is 26.0 Å². The summed E-state index contributed by atoms with van der Waals surface area (Å²) >= 11 is 11.8. The van der Waals surface area contributed by atoms with Gasteiger partial charge in [0.15, 0.2) is 0 Å². The molecule has 0 amide bonds. The van der Waals surface area contributed by atoms with Gasteiger partial charge in [-0.25, -0.2) is 8.42 Å². The molecule has 0 saturated carbocycles. The summed E-state index contributed by atoms with van der Waals surface area (Å²) < 4.78 is 27.3. The molecule has 0 aliphatic rings. The predicted molar refractivity (Wildman–Crippen MR) is 99.2 cm³/mol. The number of aliphatic carboxylic acids is 1. The van der Waals surface area contributed by atoms with Gasteiger partial charge in [0.05, 0.1) is 27.0 Å². The lowest BCUT2D eigenvalue weighted by molar-refractivity contribution is -0.136. The van der Waals surface area contributed by atoms with Gasteiger partial charge in [-0.2, -0.15) is 0 Å². The Kier molecular flexibility index (Phi) is 5.98. The second kappa shape index (κ2) is 7.64. The minimum absolute atomic E-state index is 0.0480. The molecule has 0 bridgehead atoms. The maximum absolute atomic E-state index is 13.1. The zero-order valence-corrected chi connectivity index (χ0v) is 16.0. The summed E-state index contributed by atoms with van der Waals surface area (Å²) in [6.07, 6.45) is -0.325. The Hall–Kier alpha value is -1.76. The minimum Gasteiger partial charge on any atom is -0.481 e. The van der Waals surface area contributed by atoms with Crippen LogP contribution < -0.4 is 4.31 Å². The highest BCUT2D eigenvalue weighted by atomic mass is 35.5. The van der Waals surface area contributed by atoms with Gasteiger partial charge < -0.3 is 5.11 Å². The summed E-state index contributed by atoms with van der Waals surface area (Å²) in [6, 6.07) is 9.25. The van der Waals surface area contributed by atoms with Crippen molar-refractivity contribution in [2.75, 3.05) is 10.8 Å². The van der Waals surface area contributed by atoms with E-state index in [4.69, 9.17) is 28.3 Å². The molecular weight excluding hydrogens is 385 g/mol. The Labute approximate surface area is 156 Å². The highest BCUT2D eigenvalue weighted by molar-refractivity contribution is 7.92. The van der Waals surface area contributed by atoms with Crippen molar-refractivity contribution < 1.29 is 18.3 Å². The van der Waals surface area contributed by atoms with Crippen molar-refractivity contribution in [1.29, 1.82) is 0 Å². The number of carbonyl (C=O) groups is 1. The molecule has 25 heavy (non-hydrogen) atoms. The number of hydrogen-bond acceptors (Lipinski definition) is 3. The Morgan fingerprint density at radius 2 is 1.80 bits per heavy atom. The fraction of sp³-hybridized carbons (Fsp3) is 0.235. The van der Waals surface area contributed by atoms with Gasteiger partial charge in [-0.05, 0) is 49.2 Å². The number of carboxylic acids is 1. The fourth-order valence-corrected chi connectivity index (χ4v) is 4.25. The third kappa shape index (κ3) is 4.26. The minimum atomic E-state index is -4.00. The molecule has 0 unspecified atom stereocenters. The molecule has 0 aromatic heterocycles. The average molecular weight is 402 g/mol. The molecule has 134 valence electrons. The van der Waals surface area contributed by atoms with Crippen LogP contribution in [0.5, 0.6) is 0 Å². The number of benzene rings is 2. The number of rotatable bonds is 6. The Morgan fingerprint density at radius 3 is 2.40 bits per heavy atom. The molecule has 8 heteroatoms. The maximum atomic E-state index is 13.1. The van der Waals surface area contributed by atoms with Crippen LogP contribution in [0.4, 0.5) is 5.69 Å². The van der Waals surface area contributed by atoms with Gasteiger partial charge in [-0.3, -0.25) is 9.10 Å². The van der Waals surface area contributed by atoms with Crippen LogP contribution in [0.25, 0.3) is 0 Å². The van der Waals surface area contributed by atoms with E-state index in [1.54, 1.807) is 19.1 Å². The molecule has 0 spiro atoms. The average Bonchev–Trinajstić information content (AvgIpc) is 2.53. The van der Waals surface area contributed by atoms with Crippen molar-refractivity contribution in [1.82, 2.24) is 0 Å². The number of anilines is 1. The van der Waals surface area contributed by atoms with Crippen molar-refractivity contribution in [2.45, 2.75) is 25.2 Å². The van der Waals surface area contributed by atoms with Crippen LogP contribution in [0, 0.1) is 13.8 Å². The number of hydrogen-bond donors (Lipinski definition) is 1. The Balaban J connectivity index is 2.59. The molecular formula is C17H17Cl2NO4S. The van der Waals surface area contributed by atoms with Crippen molar-refractivity contribution in [3.63, 3.8) is 0 Å². The molecule has 2 aromatic carbocycles. The lowest BCUT2D eigenvalue weighted by Gasteiger charge is -2.26. The van der Waals surface area contributed by atoms with E-state index in [1.807, 2.05) is 13.0 Å². The van der Waals surface area contributed by atoms with E-state index in [0.29, 0.717) is 5.69 Å². The van der Waals surface area contributed by atoms with Crippen molar-refractivity contribution in [3.05, 3.63) is 57.6 Å². The standard InChI is InChI=1S/C17H17Cl2NO4S/c1-11-4-3-5-16(12(11)2)20(9-8-17(21)22)25(23,24)13-6-7-14(18)15(19)10-13/h3-7,10H,8-9H2,1-2H3,(H,21,22). The molecule has 1 N–H and O–H groups in total. The van der Waals surface area contributed by atoms with Crippen LogP contribution in [0.3, 0.4) is 0 Å². The fourth-order valence-electron chi connectivity index (χ4n) is 2.34. The van der Waals surface area contributed by atoms with Crippen molar-refractivity contribution in [2.24, 2.45) is 0 Å². The second-order valence-corrected chi connectivity index (χ2v) is 8.19. The Bertz CT molecular complexity index is 913. The third-order valence-electron chi connectivity index (χ3n) is 3.85. The van der Waals surface area contributed by atoms with Gasteiger partial charge in [-0.15, -0.1) is 0 Å². The van der Waals surface area contributed by atoms with Crippen LogP contribution in [-0.2, 0) is 14.8 Å². The molecule has 0 atom stereocenters. The number of halogens is 2. The van der Waals surface area contributed by atoms with Crippen LogP contribution in [0.1, 0.15) is 17.5 Å². The van der Waals surface area contributed by atoms with Gasteiger partial charge in [0.2, 0.25) is 0 Å². The summed E-state index contributed by atoms with van der Waals surface area (Å²) in [5.74, 6) is -1.08. The molecule has 0 radical (unpaired) electrons. The predicted octanol–water partition coefficient (Wildman–Crippen LogP) is 4.28. The number of sulfonamides is 1. The quantitative estimate of drug-likeness (QED) is 0.783. The molecule has 2 rings (SSSR count). The van der Waals surface area contributed by atoms with E-state index in [0.717, 1.165) is 15.4 Å². The van der Waals surface area contributed by atoms with Gasteiger partial charge in [0, 0.05) is 6.54 Å². The molecule has 0 fully saturated rings. The molecule has 0 aliphatic carbocycles. The largest absolute Gasteiger partial charge is 0.481 e. The normalized spacial score (nSPS) is 11.4. The topological polar surface area (TPSA) is 74.7 Å². The summed E-state index contributed by atoms with van der Waals surface area (Å²) in [4.78, 5) is 10.9. The van der Waals surface area contributed by atoms with Crippen LogP contribution in [0.2, 0.25) is 10.0 Å². The second-order valence-electron chi connectivity index (χ2n) is 5.52. The van der Waals surface area contributed by atoms with Crippen molar-refractivity contribution >= 4 is 44.9 Å². The lowest BCUT2D eigenvalue weighted by atomic mass is 10.1. The number of aryl methyl sites for hydroxylation is 1. The summed E-state index contributed by atoms with van der Waals surface area (Å²) in [7, 11) is -4.00. The zero-order chi connectivity index (χ0) is 18.8. The van der Waals surface area contributed by atoms with Crippen LogP contribution >= 0.6 is 23.2 Å². The first-order chi connectivity index (χ1) is 11.6. The van der Waals surface area contributed by atoms with E-state index in [-0.39, 0.29) is 27.9 Å². The Morgan fingerprint density at radius 1 is 1.12 bits per heavy atom.